The Morgan fingerprint density at radius 2 is 2.00 bits per heavy atom. The number of nitrogens with one attached hydrogen (secondary N) is 1. The van der Waals surface area contributed by atoms with E-state index in [1.165, 1.54) is 6.92 Å². The molecule has 0 radical (unpaired) electrons. The first-order chi connectivity index (χ1) is 7.74. The van der Waals surface area contributed by atoms with Crippen LogP contribution in [-0.2, 0) is 10.0 Å². The second-order valence-corrected chi connectivity index (χ2v) is 5.99. The van der Waals surface area contributed by atoms with Crippen molar-refractivity contribution in [1.29, 1.82) is 0 Å². The first-order valence-electron chi connectivity index (χ1n) is 4.56. The predicted octanol–water partition coefficient (Wildman–Crippen LogP) is 1.39. The lowest BCUT2D eigenvalue weighted by atomic mass is 10.3. The Bertz CT molecular complexity index is 519. The number of halogens is 3. The Morgan fingerprint density at radius 3 is 2.53 bits per heavy atom. The Balaban J connectivity index is 3.11. The molecule has 4 nitrogen and oxygen atoms in total. The van der Waals surface area contributed by atoms with Gasteiger partial charge in [0, 0.05) is 12.6 Å². The zero-order chi connectivity index (χ0) is 13.2. The molecule has 0 heterocycles. The number of benzene rings is 1. The van der Waals surface area contributed by atoms with Crippen LogP contribution in [-0.4, -0.2) is 26.2 Å². The molecule has 0 aromatic heterocycles. The van der Waals surface area contributed by atoms with E-state index in [-0.39, 0.29) is 11.0 Å². The van der Waals surface area contributed by atoms with Crippen molar-refractivity contribution >= 4 is 26.0 Å². The molecule has 1 aromatic carbocycles. The van der Waals surface area contributed by atoms with Gasteiger partial charge in [0.15, 0.2) is 0 Å². The maximum atomic E-state index is 13.3. The van der Waals surface area contributed by atoms with Gasteiger partial charge in [-0.2, -0.15) is 0 Å². The fourth-order valence-electron chi connectivity index (χ4n) is 1.02. The molecule has 0 aliphatic carbocycles. The molecule has 0 fully saturated rings. The summed E-state index contributed by atoms with van der Waals surface area (Å²) in [6.07, 6.45) is -0.906. The van der Waals surface area contributed by atoms with Gasteiger partial charge >= 0.3 is 0 Å². The van der Waals surface area contributed by atoms with Gasteiger partial charge in [0.25, 0.3) is 0 Å². The van der Waals surface area contributed by atoms with Crippen molar-refractivity contribution in [2.75, 3.05) is 6.54 Å². The summed E-state index contributed by atoms with van der Waals surface area (Å²) in [5.74, 6) is -2.08. The molecule has 2 N–H and O–H groups in total. The van der Waals surface area contributed by atoms with Crippen LogP contribution < -0.4 is 4.72 Å². The Kier molecular flexibility index (Phi) is 4.59. The van der Waals surface area contributed by atoms with Crippen LogP contribution in [0.5, 0.6) is 0 Å². The third kappa shape index (κ3) is 3.70. The molecular formula is C9H10BrF2NO3S. The third-order valence-corrected chi connectivity index (χ3v) is 3.88. The molecule has 1 aromatic rings. The van der Waals surface area contributed by atoms with E-state index in [9.17, 15) is 17.2 Å². The Labute approximate surface area is 106 Å². The van der Waals surface area contributed by atoms with E-state index in [0.29, 0.717) is 6.07 Å². The predicted molar refractivity (Wildman–Crippen MR) is 60.9 cm³/mol. The average Bonchev–Trinajstić information content (AvgIpc) is 2.20. The zero-order valence-corrected chi connectivity index (χ0v) is 11.1. The number of rotatable bonds is 4. The molecule has 0 bridgehead atoms. The summed E-state index contributed by atoms with van der Waals surface area (Å²) < 4.78 is 51.3. The monoisotopic (exact) mass is 329 g/mol. The summed E-state index contributed by atoms with van der Waals surface area (Å²) in [7, 11) is -4.11. The van der Waals surface area contributed by atoms with E-state index in [1.807, 2.05) is 4.72 Å². The van der Waals surface area contributed by atoms with Gasteiger partial charge in [-0.05, 0) is 28.9 Å². The average molecular weight is 330 g/mol. The van der Waals surface area contributed by atoms with Crippen LogP contribution >= 0.6 is 15.9 Å². The van der Waals surface area contributed by atoms with E-state index >= 15 is 0 Å². The summed E-state index contributed by atoms with van der Waals surface area (Å²) in [5, 5.41) is 8.94. The first-order valence-corrected chi connectivity index (χ1v) is 6.84. The van der Waals surface area contributed by atoms with Crippen molar-refractivity contribution in [2.45, 2.75) is 17.9 Å². The lowest BCUT2D eigenvalue weighted by Crippen LogP contribution is -2.31. The summed E-state index contributed by atoms with van der Waals surface area (Å²) in [6.45, 7) is 1.12. The fourth-order valence-corrected chi connectivity index (χ4v) is 2.72. The van der Waals surface area contributed by atoms with Crippen molar-refractivity contribution in [3.8, 4) is 0 Å². The number of hydrogen-bond acceptors (Lipinski definition) is 3. The Morgan fingerprint density at radius 1 is 1.41 bits per heavy atom. The van der Waals surface area contributed by atoms with Crippen LogP contribution in [0.4, 0.5) is 8.78 Å². The van der Waals surface area contributed by atoms with Crippen LogP contribution in [0.1, 0.15) is 6.92 Å². The molecule has 0 spiro atoms. The third-order valence-electron chi connectivity index (χ3n) is 1.83. The highest BCUT2D eigenvalue weighted by atomic mass is 79.9. The van der Waals surface area contributed by atoms with E-state index in [2.05, 4.69) is 15.9 Å². The molecule has 0 amide bonds. The van der Waals surface area contributed by atoms with Crippen LogP contribution in [0, 0.1) is 11.6 Å². The topological polar surface area (TPSA) is 66.4 Å². The number of hydrogen-bond donors (Lipinski definition) is 2. The van der Waals surface area contributed by atoms with Gasteiger partial charge in [-0.25, -0.2) is 21.9 Å². The van der Waals surface area contributed by atoms with E-state index in [4.69, 9.17) is 5.11 Å². The van der Waals surface area contributed by atoms with E-state index in [1.54, 1.807) is 0 Å². The number of sulfonamides is 1. The van der Waals surface area contributed by atoms with E-state index < -0.39 is 32.7 Å². The highest BCUT2D eigenvalue weighted by Gasteiger charge is 2.21. The molecule has 0 aliphatic heterocycles. The second-order valence-electron chi connectivity index (χ2n) is 3.40. The standard InChI is InChI=1S/C9H10BrF2NO3S/c1-5(14)4-13-17(15,16)9-2-6(10)7(11)3-8(9)12/h2-3,5,13-14H,4H2,1H3. The Hall–Kier alpha value is -0.570. The highest BCUT2D eigenvalue weighted by molar-refractivity contribution is 9.10. The quantitative estimate of drug-likeness (QED) is 0.820. The van der Waals surface area contributed by atoms with Crippen LogP contribution in [0.15, 0.2) is 21.5 Å². The smallest absolute Gasteiger partial charge is 0.243 e. The lowest BCUT2D eigenvalue weighted by molar-refractivity contribution is 0.198. The number of aliphatic hydroxyl groups excluding tert-OH is 1. The molecular weight excluding hydrogens is 320 g/mol. The molecule has 0 aliphatic rings. The second kappa shape index (κ2) is 5.38. The van der Waals surface area contributed by atoms with Crippen molar-refractivity contribution < 1.29 is 22.3 Å². The van der Waals surface area contributed by atoms with Gasteiger partial charge in [-0.3, -0.25) is 0 Å². The van der Waals surface area contributed by atoms with Gasteiger partial charge in [-0.1, -0.05) is 0 Å². The lowest BCUT2D eigenvalue weighted by Gasteiger charge is -2.09. The molecule has 96 valence electrons. The SMILES string of the molecule is CC(O)CNS(=O)(=O)c1cc(Br)c(F)cc1F. The fraction of sp³-hybridized carbons (Fsp3) is 0.333. The van der Waals surface area contributed by atoms with Crippen LogP contribution in [0.25, 0.3) is 0 Å². The van der Waals surface area contributed by atoms with Crippen molar-refractivity contribution in [1.82, 2.24) is 4.72 Å². The molecule has 1 rings (SSSR count). The minimum atomic E-state index is -4.11. The highest BCUT2D eigenvalue weighted by Crippen LogP contribution is 2.23. The van der Waals surface area contributed by atoms with Gasteiger partial charge in [0.05, 0.1) is 10.6 Å². The van der Waals surface area contributed by atoms with Crippen molar-refractivity contribution in [3.05, 3.63) is 28.2 Å². The summed E-state index contributed by atoms with van der Waals surface area (Å²) in [5.41, 5.74) is 0. The summed E-state index contributed by atoms with van der Waals surface area (Å²) in [6, 6.07) is 1.30. The summed E-state index contributed by atoms with van der Waals surface area (Å²) >= 11 is 2.77. The number of aliphatic hydroxyl groups is 1. The van der Waals surface area contributed by atoms with Gasteiger partial charge in [0.1, 0.15) is 16.5 Å². The largest absolute Gasteiger partial charge is 0.392 e. The maximum absolute atomic E-state index is 13.3. The minimum Gasteiger partial charge on any atom is -0.392 e. The summed E-state index contributed by atoms with van der Waals surface area (Å²) in [4.78, 5) is -0.675. The van der Waals surface area contributed by atoms with Gasteiger partial charge < -0.3 is 5.11 Å². The zero-order valence-electron chi connectivity index (χ0n) is 8.75. The minimum absolute atomic E-state index is 0.156. The molecule has 8 heteroatoms. The van der Waals surface area contributed by atoms with Crippen LogP contribution in [0.3, 0.4) is 0 Å². The molecule has 0 saturated heterocycles. The van der Waals surface area contributed by atoms with Crippen molar-refractivity contribution in [3.63, 3.8) is 0 Å². The van der Waals surface area contributed by atoms with Crippen molar-refractivity contribution in [2.24, 2.45) is 0 Å². The van der Waals surface area contributed by atoms with Gasteiger partial charge in [-0.15, -0.1) is 0 Å². The molecule has 17 heavy (non-hydrogen) atoms. The molecule has 1 unspecified atom stereocenters. The first kappa shape index (κ1) is 14.5. The van der Waals surface area contributed by atoms with E-state index in [0.717, 1.165) is 6.07 Å². The van der Waals surface area contributed by atoms with Gasteiger partial charge in [0.2, 0.25) is 10.0 Å². The maximum Gasteiger partial charge on any atom is 0.243 e. The molecule has 0 saturated carbocycles. The molecule has 1 atom stereocenters. The normalized spacial score (nSPS) is 13.7. The van der Waals surface area contributed by atoms with Crippen LogP contribution in [0.2, 0.25) is 0 Å².